The largest absolute Gasteiger partial charge is 0.326 e. The number of nitrogens with zero attached hydrogens (tertiary/aromatic N) is 4. The van der Waals surface area contributed by atoms with Crippen molar-refractivity contribution in [1.82, 2.24) is 19.3 Å². The molecular formula is C17H19N5O2. The van der Waals surface area contributed by atoms with E-state index in [0.717, 1.165) is 16.8 Å². The van der Waals surface area contributed by atoms with Crippen LogP contribution in [0.5, 0.6) is 0 Å². The molecule has 2 heterocycles. The molecule has 1 N–H and O–H groups in total. The zero-order valence-corrected chi connectivity index (χ0v) is 13.9. The number of anilines is 1. The van der Waals surface area contributed by atoms with Gasteiger partial charge in [0.15, 0.2) is 5.65 Å². The van der Waals surface area contributed by atoms with Crippen molar-refractivity contribution in [3.05, 3.63) is 52.2 Å². The van der Waals surface area contributed by atoms with Crippen LogP contribution in [0.4, 0.5) is 5.69 Å². The van der Waals surface area contributed by atoms with Gasteiger partial charge in [0, 0.05) is 25.7 Å². The molecule has 3 aromatic rings. The Morgan fingerprint density at radius 2 is 2.08 bits per heavy atom. The molecule has 0 spiro atoms. The van der Waals surface area contributed by atoms with E-state index in [0.29, 0.717) is 11.0 Å². The Hall–Kier alpha value is -2.96. The molecule has 2 aromatic heterocycles. The van der Waals surface area contributed by atoms with E-state index in [1.54, 1.807) is 11.7 Å². The van der Waals surface area contributed by atoms with E-state index in [4.69, 9.17) is 0 Å². The molecule has 0 aliphatic rings. The van der Waals surface area contributed by atoms with Crippen molar-refractivity contribution in [3.8, 4) is 0 Å². The van der Waals surface area contributed by atoms with Gasteiger partial charge in [0.2, 0.25) is 5.91 Å². The number of nitrogens with one attached hydrogen (secondary N) is 1. The number of carbonyl (C=O) groups is 1. The average Bonchev–Trinajstić information content (AvgIpc) is 2.92. The Labute approximate surface area is 138 Å². The fourth-order valence-corrected chi connectivity index (χ4v) is 2.53. The third kappa shape index (κ3) is 3.05. The summed E-state index contributed by atoms with van der Waals surface area (Å²) in [6, 6.07) is 5.90. The lowest BCUT2D eigenvalue weighted by Crippen LogP contribution is -2.23. The molecule has 0 unspecified atom stereocenters. The molecule has 0 aliphatic carbocycles. The fraction of sp³-hybridized carbons (Fsp3) is 0.294. The van der Waals surface area contributed by atoms with E-state index in [1.807, 2.05) is 32.0 Å². The van der Waals surface area contributed by atoms with E-state index in [2.05, 4.69) is 15.4 Å². The second-order valence-electron chi connectivity index (χ2n) is 5.87. The Bertz CT molecular complexity index is 971. The Kier molecular flexibility index (Phi) is 4.16. The molecule has 0 saturated heterocycles. The quantitative estimate of drug-likeness (QED) is 0.792. The molecule has 0 bridgehead atoms. The Morgan fingerprint density at radius 3 is 2.88 bits per heavy atom. The van der Waals surface area contributed by atoms with Crippen molar-refractivity contribution in [1.29, 1.82) is 0 Å². The van der Waals surface area contributed by atoms with Gasteiger partial charge < -0.3 is 5.32 Å². The summed E-state index contributed by atoms with van der Waals surface area (Å²) in [7, 11) is 1.73. The van der Waals surface area contributed by atoms with Crippen molar-refractivity contribution in [3.63, 3.8) is 0 Å². The maximum atomic E-state index is 12.3. The molecule has 3 rings (SSSR count). The first-order chi connectivity index (χ1) is 11.5. The monoisotopic (exact) mass is 325 g/mol. The van der Waals surface area contributed by atoms with Gasteiger partial charge in [0.05, 0.1) is 12.5 Å². The van der Waals surface area contributed by atoms with E-state index in [1.165, 1.54) is 17.1 Å². The lowest BCUT2D eigenvalue weighted by atomic mass is 10.1. The second kappa shape index (κ2) is 6.27. The average molecular weight is 325 g/mol. The number of carbonyl (C=O) groups excluding carboxylic acids is 1. The summed E-state index contributed by atoms with van der Waals surface area (Å²) < 4.78 is 2.99. The number of rotatable bonds is 4. The molecule has 7 nitrogen and oxygen atoms in total. The Morgan fingerprint density at radius 1 is 1.29 bits per heavy atom. The molecule has 0 fully saturated rings. The smallest absolute Gasteiger partial charge is 0.264 e. The zero-order chi connectivity index (χ0) is 17.3. The van der Waals surface area contributed by atoms with Crippen LogP contribution < -0.4 is 10.9 Å². The van der Waals surface area contributed by atoms with Crippen molar-refractivity contribution >= 4 is 22.6 Å². The van der Waals surface area contributed by atoms with Crippen LogP contribution in [0.25, 0.3) is 11.0 Å². The highest BCUT2D eigenvalue weighted by molar-refractivity contribution is 5.91. The molecule has 0 saturated carbocycles. The normalized spacial score (nSPS) is 11.0. The van der Waals surface area contributed by atoms with Crippen LogP contribution >= 0.6 is 0 Å². The molecular weight excluding hydrogens is 306 g/mol. The minimum Gasteiger partial charge on any atom is -0.326 e. The minimum absolute atomic E-state index is 0.137. The van der Waals surface area contributed by atoms with Crippen molar-refractivity contribution < 1.29 is 4.79 Å². The van der Waals surface area contributed by atoms with Crippen LogP contribution in [-0.2, 0) is 18.4 Å². The maximum Gasteiger partial charge on any atom is 0.264 e. The summed E-state index contributed by atoms with van der Waals surface area (Å²) in [5, 5.41) is 7.37. The highest BCUT2D eigenvalue weighted by Gasteiger charge is 2.10. The molecule has 0 aliphatic heterocycles. The summed E-state index contributed by atoms with van der Waals surface area (Å²) in [6.07, 6.45) is 3.15. The summed E-state index contributed by atoms with van der Waals surface area (Å²) in [4.78, 5) is 28.7. The van der Waals surface area contributed by atoms with Crippen molar-refractivity contribution in [2.45, 2.75) is 26.8 Å². The zero-order valence-electron chi connectivity index (χ0n) is 13.9. The molecule has 7 heteroatoms. The maximum absolute atomic E-state index is 12.3. The summed E-state index contributed by atoms with van der Waals surface area (Å²) in [5.74, 6) is -0.137. The number of aromatic nitrogens is 4. The molecule has 24 heavy (non-hydrogen) atoms. The molecule has 1 amide bonds. The number of hydrogen-bond acceptors (Lipinski definition) is 4. The number of benzene rings is 1. The van der Waals surface area contributed by atoms with E-state index in [-0.39, 0.29) is 24.4 Å². The van der Waals surface area contributed by atoms with Gasteiger partial charge in [-0.1, -0.05) is 12.1 Å². The highest BCUT2D eigenvalue weighted by Crippen LogP contribution is 2.16. The summed E-state index contributed by atoms with van der Waals surface area (Å²) in [6.45, 7) is 4.19. The first-order valence-corrected chi connectivity index (χ1v) is 7.70. The van der Waals surface area contributed by atoms with Gasteiger partial charge in [-0.3, -0.25) is 18.8 Å². The number of hydrogen-bond donors (Lipinski definition) is 1. The topological polar surface area (TPSA) is 81.8 Å². The highest BCUT2D eigenvalue weighted by atomic mass is 16.2. The van der Waals surface area contributed by atoms with E-state index < -0.39 is 0 Å². The predicted octanol–water partition coefficient (Wildman–Crippen LogP) is 1.78. The van der Waals surface area contributed by atoms with Crippen molar-refractivity contribution in [2.24, 2.45) is 7.05 Å². The van der Waals surface area contributed by atoms with Gasteiger partial charge in [0.25, 0.3) is 5.56 Å². The third-order valence-electron chi connectivity index (χ3n) is 3.97. The lowest BCUT2D eigenvalue weighted by Gasteiger charge is -2.10. The van der Waals surface area contributed by atoms with Crippen LogP contribution in [0.15, 0.2) is 35.5 Å². The third-order valence-corrected chi connectivity index (χ3v) is 3.97. The van der Waals surface area contributed by atoms with Crippen LogP contribution in [0.3, 0.4) is 0 Å². The van der Waals surface area contributed by atoms with Gasteiger partial charge >= 0.3 is 0 Å². The number of fused-ring (bicyclic) bond motifs is 1. The minimum atomic E-state index is -0.187. The molecule has 124 valence electrons. The fourth-order valence-electron chi connectivity index (χ4n) is 2.53. The van der Waals surface area contributed by atoms with Crippen LogP contribution in [0, 0.1) is 13.8 Å². The van der Waals surface area contributed by atoms with E-state index >= 15 is 0 Å². The first kappa shape index (κ1) is 15.9. The predicted molar refractivity (Wildman–Crippen MR) is 91.9 cm³/mol. The SMILES string of the molecule is Cc1ccc(C)c(NC(=O)CCn2cnc3c(cnn3C)c2=O)c1. The molecule has 0 atom stereocenters. The van der Waals surface area contributed by atoms with Gasteiger partial charge in [0.1, 0.15) is 5.39 Å². The van der Waals surface area contributed by atoms with Crippen LogP contribution in [-0.4, -0.2) is 25.2 Å². The number of aryl methyl sites for hydroxylation is 4. The van der Waals surface area contributed by atoms with Gasteiger partial charge in [-0.25, -0.2) is 4.98 Å². The van der Waals surface area contributed by atoms with E-state index in [9.17, 15) is 9.59 Å². The van der Waals surface area contributed by atoms with Crippen molar-refractivity contribution in [2.75, 3.05) is 5.32 Å². The van der Waals surface area contributed by atoms with Gasteiger partial charge in [-0.2, -0.15) is 5.10 Å². The molecule has 0 radical (unpaired) electrons. The molecule has 1 aromatic carbocycles. The van der Waals surface area contributed by atoms with Crippen LogP contribution in [0.2, 0.25) is 0 Å². The first-order valence-electron chi connectivity index (χ1n) is 7.70. The van der Waals surface area contributed by atoms with Crippen LogP contribution in [0.1, 0.15) is 17.5 Å². The summed E-state index contributed by atoms with van der Waals surface area (Å²) >= 11 is 0. The Balaban J connectivity index is 1.71. The second-order valence-corrected chi connectivity index (χ2v) is 5.87. The number of amides is 1. The van der Waals surface area contributed by atoms with Gasteiger partial charge in [-0.05, 0) is 31.0 Å². The standard InChI is InChI=1S/C17H19N5O2/c1-11-4-5-12(2)14(8-11)20-15(23)6-7-22-10-18-16-13(17(22)24)9-19-21(16)3/h4-5,8-10H,6-7H2,1-3H3,(H,20,23). The van der Waals surface area contributed by atoms with Gasteiger partial charge in [-0.15, -0.1) is 0 Å². The summed E-state index contributed by atoms with van der Waals surface area (Å²) in [5.41, 5.74) is 3.24. The lowest BCUT2D eigenvalue weighted by molar-refractivity contribution is -0.116.